The molecule has 0 amide bonds. The molecule has 3 rings (SSSR count). The van der Waals surface area contributed by atoms with Gasteiger partial charge in [-0.15, -0.1) is 0 Å². The zero-order valence-corrected chi connectivity index (χ0v) is 16.3. The second-order valence-electron chi connectivity index (χ2n) is 7.03. The SMILES string of the molecule is OCCN(CN[C@@H](Cc1ccc(F)cc1F)c1ccccc1)Cc1ccccc1. The van der Waals surface area contributed by atoms with Gasteiger partial charge in [0, 0.05) is 31.9 Å². The Balaban J connectivity index is 1.73. The van der Waals surface area contributed by atoms with Crippen molar-refractivity contribution in [2.75, 3.05) is 19.8 Å². The lowest BCUT2D eigenvalue weighted by molar-refractivity contribution is 0.173. The van der Waals surface area contributed by atoms with Gasteiger partial charge >= 0.3 is 0 Å². The molecule has 0 bridgehead atoms. The zero-order chi connectivity index (χ0) is 20.5. The summed E-state index contributed by atoms with van der Waals surface area (Å²) in [6, 6.07) is 23.4. The highest BCUT2D eigenvalue weighted by Crippen LogP contribution is 2.21. The van der Waals surface area contributed by atoms with Crippen molar-refractivity contribution in [3.8, 4) is 0 Å². The molecule has 152 valence electrons. The Morgan fingerprint density at radius 1 is 0.897 bits per heavy atom. The summed E-state index contributed by atoms with van der Waals surface area (Å²) in [5.41, 5.74) is 2.65. The molecule has 3 nitrogen and oxygen atoms in total. The van der Waals surface area contributed by atoms with Gasteiger partial charge in [0.15, 0.2) is 0 Å². The summed E-state index contributed by atoms with van der Waals surface area (Å²) in [5.74, 6) is -1.11. The molecule has 0 radical (unpaired) electrons. The van der Waals surface area contributed by atoms with Gasteiger partial charge in [-0.05, 0) is 29.2 Å². The van der Waals surface area contributed by atoms with Crippen LogP contribution in [0.2, 0.25) is 0 Å². The van der Waals surface area contributed by atoms with Gasteiger partial charge in [-0.1, -0.05) is 66.7 Å². The first kappa shape index (κ1) is 21.1. The first-order valence-corrected chi connectivity index (χ1v) is 9.75. The van der Waals surface area contributed by atoms with Gasteiger partial charge in [-0.2, -0.15) is 0 Å². The maximum Gasteiger partial charge on any atom is 0.129 e. The molecule has 1 atom stereocenters. The van der Waals surface area contributed by atoms with E-state index in [9.17, 15) is 13.9 Å². The van der Waals surface area contributed by atoms with Crippen molar-refractivity contribution in [1.82, 2.24) is 10.2 Å². The second kappa shape index (κ2) is 10.8. The molecule has 0 aliphatic carbocycles. The van der Waals surface area contributed by atoms with E-state index in [0.29, 0.717) is 31.7 Å². The Labute approximate surface area is 170 Å². The van der Waals surface area contributed by atoms with E-state index in [1.54, 1.807) is 0 Å². The number of aliphatic hydroxyl groups excluding tert-OH is 1. The summed E-state index contributed by atoms with van der Waals surface area (Å²) in [7, 11) is 0. The average molecular weight is 396 g/mol. The van der Waals surface area contributed by atoms with Gasteiger partial charge in [0.25, 0.3) is 0 Å². The lowest BCUT2D eigenvalue weighted by atomic mass is 9.98. The van der Waals surface area contributed by atoms with E-state index >= 15 is 0 Å². The van der Waals surface area contributed by atoms with Crippen molar-refractivity contribution in [2.45, 2.75) is 19.0 Å². The van der Waals surface area contributed by atoms with Crippen LogP contribution in [0.25, 0.3) is 0 Å². The van der Waals surface area contributed by atoms with Crippen LogP contribution in [-0.2, 0) is 13.0 Å². The van der Waals surface area contributed by atoms with Crippen molar-refractivity contribution in [3.05, 3.63) is 107 Å². The molecule has 0 heterocycles. The van der Waals surface area contributed by atoms with Crippen LogP contribution in [0.1, 0.15) is 22.7 Å². The van der Waals surface area contributed by atoms with Crippen LogP contribution in [0.4, 0.5) is 8.78 Å². The van der Waals surface area contributed by atoms with Gasteiger partial charge in [0.1, 0.15) is 11.6 Å². The molecule has 3 aromatic rings. The normalized spacial score (nSPS) is 12.3. The first-order valence-electron chi connectivity index (χ1n) is 9.75. The predicted octanol–water partition coefficient (Wildman–Crippen LogP) is 4.29. The summed E-state index contributed by atoms with van der Waals surface area (Å²) in [6.45, 7) is 1.80. The van der Waals surface area contributed by atoms with Gasteiger partial charge in [-0.25, -0.2) is 8.78 Å². The Kier molecular flexibility index (Phi) is 7.87. The summed E-state index contributed by atoms with van der Waals surface area (Å²) in [4.78, 5) is 2.10. The van der Waals surface area contributed by atoms with Crippen LogP contribution in [0.15, 0.2) is 78.9 Å². The number of hydrogen-bond acceptors (Lipinski definition) is 3. The van der Waals surface area contributed by atoms with E-state index in [4.69, 9.17) is 0 Å². The van der Waals surface area contributed by atoms with Crippen LogP contribution in [0, 0.1) is 11.6 Å². The zero-order valence-electron chi connectivity index (χ0n) is 16.3. The van der Waals surface area contributed by atoms with E-state index < -0.39 is 11.6 Å². The number of hydrogen-bond donors (Lipinski definition) is 2. The molecule has 0 aromatic heterocycles. The predicted molar refractivity (Wildman–Crippen MR) is 111 cm³/mol. The molecule has 0 saturated heterocycles. The minimum atomic E-state index is -0.576. The standard InChI is InChI=1S/C24H26F2N2O/c25-22-12-11-21(23(26)16-22)15-24(20-9-5-2-6-10-20)27-18-28(13-14-29)17-19-7-3-1-4-8-19/h1-12,16,24,27,29H,13-15,17-18H2/t24-/m0/s1. The second-order valence-corrected chi connectivity index (χ2v) is 7.03. The molecule has 5 heteroatoms. The Hall–Kier alpha value is -2.60. The fourth-order valence-corrected chi connectivity index (χ4v) is 3.34. The fourth-order valence-electron chi connectivity index (χ4n) is 3.34. The van der Waals surface area contributed by atoms with Gasteiger partial charge in [0.2, 0.25) is 0 Å². The smallest absolute Gasteiger partial charge is 0.129 e. The highest BCUT2D eigenvalue weighted by molar-refractivity contribution is 5.25. The van der Waals surface area contributed by atoms with Crippen LogP contribution >= 0.6 is 0 Å². The van der Waals surface area contributed by atoms with Crippen LogP contribution < -0.4 is 5.32 Å². The number of nitrogens with zero attached hydrogens (tertiary/aromatic N) is 1. The quantitative estimate of drug-likeness (QED) is 0.502. The van der Waals surface area contributed by atoms with Gasteiger partial charge in [0.05, 0.1) is 6.61 Å². The van der Waals surface area contributed by atoms with E-state index in [-0.39, 0.29) is 12.6 Å². The summed E-state index contributed by atoms with van der Waals surface area (Å²) in [6.07, 6.45) is 0.397. The first-order chi connectivity index (χ1) is 14.2. The third kappa shape index (κ3) is 6.46. The van der Waals surface area contributed by atoms with E-state index in [1.807, 2.05) is 60.7 Å². The Bertz CT molecular complexity index is 875. The highest BCUT2D eigenvalue weighted by atomic mass is 19.1. The van der Waals surface area contributed by atoms with Crippen molar-refractivity contribution < 1.29 is 13.9 Å². The maximum absolute atomic E-state index is 14.2. The number of benzene rings is 3. The van der Waals surface area contributed by atoms with E-state index in [0.717, 1.165) is 17.2 Å². The van der Waals surface area contributed by atoms with Gasteiger partial charge < -0.3 is 5.11 Å². The van der Waals surface area contributed by atoms with E-state index in [2.05, 4.69) is 10.2 Å². The maximum atomic E-state index is 14.2. The largest absolute Gasteiger partial charge is 0.395 e. The highest BCUT2D eigenvalue weighted by Gasteiger charge is 2.16. The van der Waals surface area contributed by atoms with Crippen LogP contribution in [0.5, 0.6) is 0 Å². The van der Waals surface area contributed by atoms with Crippen molar-refractivity contribution in [2.24, 2.45) is 0 Å². The third-order valence-corrected chi connectivity index (χ3v) is 4.87. The van der Waals surface area contributed by atoms with Crippen molar-refractivity contribution >= 4 is 0 Å². The molecular formula is C24H26F2N2O. The molecule has 0 fully saturated rings. The molecular weight excluding hydrogens is 370 g/mol. The summed E-state index contributed by atoms with van der Waals surface area (Å²) in [5, 5.41) is 12.9. The van der Waals surface area contributed by atoms with Crippen LogP contribution in [0.3, 0.4) is 0 Å². The third-order valence-electron chi connectivity index (χ3n) is 4.87. The lowest BCUT2D eigenvalue weighted by Gasteiger charge is -2.26. The molecule has 3 aromatic carbocycles. The number of halogens is 2. The summed E-state index contributed by atoms with van der Waals surface area (Å²) < 4.78 is 27.5. The topological polar surface area (TPSA) is 35.5 Å². The molecule has 0 unspecified atom stereocenters. The summed E-state index contributed by atoms with van der Waals surface area (Å²) >= 11 is 0. The van der Waals surface area contributed by atoms with Crippen LogP contribution in [-0.4, -0.2) is 29.8 Å². The Morgan fingerprint density at radius 2 is 1.59 bits per heavy atom. The molecule has 0 aliphatic rings. The molecule has 0 saturated carbocycles. The fraction of sp³-hybridized carbons (Fsp3) is 0.250. The minimum absolute atomic E-state index is 0.0527. The molecule has 0 spiro atoms. The number of nitrogens with one attached hydrogen (secondary N) is 1. The number of aliphatic hydroxyl groups is 1. The lowest BCUT2D eigenvalue weighted by Crippen LogP contribution is -2.38. The number of rotatable bonds is 10. The molecule has 29 heavy (non-hydrogen) atoms. The van der Waals surface area contributed by atoms with Crippen molar-refractivity contribution in [1.29, 1.82) is 0 Å². The minimum Gasteiger partial charge on any atom is -0.395 e. The monoisotopic (exact) mass is 396 g/mol. The van der Waals surface area contributed by atoms with E-state index in [1.165, 1.54) is 12.1 Å². The molecule has 2 N–H and O–H groups in total. The Morgan fingerprint density at radius 3 is 2.24 bits per heavy atom. The van der Waals surface area contributed by atoms with Crippen molar-refractivity contribution in [3.63, 3.8) is 0 Å². The average Bonchev–Trinajstić information content (AvgIpc) is 2.74. The van der Waals surface area contributed by atoms with Gasteiger partial charge in [-0.3, -0.25) is 10.2 Å². The molecule has 0 aliphatic heterocycles.